The molecule has 2 aromatic rings. The number of hydrogen-bond donors (Lipinski definition) is 3. The van der Waals surface area contributed by atoms with Crippen LogP contribution in [0.5, 0.6) is 0 Å². The maximum atomic E-state index is 12.5. The molecule has 1 aliphatic heterocycles. The van der Waals surface area contributed by atoms with Gasteiger partial charge in [0.25, 0.3) is 5.91 Å². The number of amides is 3. The number of aromatic nitrogens is 4. The van der Waals surface area contributed by atoms with Crippen LogP contribution in [0.4, 0.5) is 10.6 Å². The lowest BCUT2D eigenvalue weighted by molar-refractivity contribution is -0.124. The highest BCUT2D eigenvalue weighted by molar-refractivity contribution is 6.07. The Bertz CT molecular complexity index is 824. The van der Waals surface area contributed by atoms with E-state index in [1.807, 2.05) is 20.8 Å². The van der Waals surface area contributed by atoms with Gasteiger partial charge in [0, 0.05) is 31.1 Å². The average Bonchev–Trinajstić information content (AvgIpc) is 3.08. The zero-order chi connectivity index (χ0) is 18.2. The lowest BCUT2D eigenvalue weighted by Crippen LogP contribution is -2.51. The number of aryl methyl sites for hydroxylation is 1. The lowest BCUT2D eigenvalue weighted by atomic mass is 9.96. The van der Waals surface area contributed by atoms with Crippen molar-refractivity contribution < 1.29 is 9.59 Å². The number of urea groups is 1. The van der Waals surface area contributed by atoms with Gasteiger partial charge in [-0.2, -0.15) is 0 Å². The summed E-state index contributed by atoms with van der Waals surface area (Å²) in [5.74, 6) is 1.24. The predicted molar refractivity (Wildman–Crippen MR) is 90.8 cm³/mol. The Morgan fingerprint density at radius 3 is 2.56 bits per heavy atom. The van der Waals surface area contributed by atoms with E-state index in [1.54, 1.807) is 36.3 Å². The number of anilines is 1. The van der Waals surface area contributed by atoms with Crippen LogP contribution in [0.15, 0.2) is 24.7 Å². The van der Waals surface area contributed by atoms with Gasteiger partial charge >= 0.3 is 6.03 Å². The number of hydrogen-bond acceptors (Lipinski definition) is 6. The summed E-state index contributed by atoms with van der Waals surface area (Å²) in [5, 5.41) is 8.09. The van der Waals surface area contributed by atoms with Crippen LogP contribution < -0.4 is 16.0 Å². The molecule has 25 heavy (non-hydrogen) atoms. The highest BCUT2D eigenvalue weighted by atomic mass is 16.2. The first-order valence-electron chi connectivity index (χ1n) is 7.91. The van der Waals surface area contributed by atoms with Crippen molar-refractivity contribution in [3.63, 3.8) is 0 Å². The monoisotopic (exact) mass is 343 g/mol. The molecule has 3 amide bonds. The second-order valence-corrected chi connectivity index (χ2v) is 7.04. The number of carbonyl (C=O) groups is 2. The van der Waals surface area contributed by atoms with Crippen molar-refractivity contribution in [2.45, 2.75) is 31.7 Å². The fourth-order valence-electron chi connectivity index (χ4n) is 2.67. The largest absolute Gasteiger partial charge is 0.367 e. The average molecular weight is 343 g/mol. The van der Waals surface area contributed by atoms with Crippen molar-refractivity contribution in [2.24, 2.45) is 7.05 Å². The van der Waals surface area contributed by atoms with E-state index in [-0.39, 0.29) is 12.0 Å². The van der Waals surface area contributed by atoms with Gasteiger partial charge in [-0.3, -0.25) is 10.1 Å². The minimum Gasteiger partial charge on any atom is -0.367 e. The fraction of sp³-hybridized carbons (Fsp3) is 0.438. The fourth-order valence-corrected chi connectivity index (χ4v) is 2.67. The molecule has 0 spiro atoms. The molecule has 1 unspecified atom stereocenters. The summed E-state index contributed by atoms with van der Waals surface area (Å²) in [7, 11) is 1.77. The van der Waals surface area contributed by atoms with Crippen LogP contribution in [-0.2, 0) is 22.8 Å². The Hall–Kier alpha value is -2.97. The van der Waals surface area contributed by atoms with E-state index in [2.05, 4.69) is 30.9 Å². The third-order valence-corrected chi connectivity index (χ3v) is 4.01. The van der Waals surface area contributed by atoms with Crippen LogP contribution in [0.3, 0.4) is 0 Å². The molecule has 0 aromatic carbocycles. The van der Waals surface area contributed by atoms with Gasteiger partial charge in [-0.05, 0) is 6.07 Å². The number of imidazole rings is 1. The summed E-state index contributed by atoms with van der Waals surface area (Å²) in [6, 6.07) is 1.17. The molecule has 0 aliphatic carbocycles. The van der Waals surface area contributed by atoms with Crippen molar-refractivity contribution in [2.75, 3.05) is 11.9 Å². The van der Waals surface area contributed by atoms with Crippen LogP contribution in [0, 0.1) is 0 Å². The zero-order valence-corrected chi connectivity index (χ0v) is 14.6. The smallest absolute Gasteiger partial charge is 0.322 e. The molecule has 1 fully saturated rings. The first kappa shape index (κ1) is 16.9. The van der Waals surface area contributed by atoms with Crippen LogP contribution in [0.1, 0.15) is 32.4 Å². The highest BCUT2D eigenvalue weighted by Crippen LogP contribution is 2.24. The lowest BCUT2D eigenvalue weighted by Gasteiger charge is -2.26. The van der Waals surface area contributed by atoms with E-state index in [0.29, 0.717) is 17.5 Å². The molecule has 9 heteroatoms. The Balaban J connectivity index is 1.90. The summed E-state index contributed by atoms with van der Waals surface area (Å²) in [5.41, 5.74) is -1.50. The molecule has 3 heterocycles. The molecule has 1 aliphatic rings. The van der Waals surface area contributed by atoms with Crippen molar-refractivity contribution in [3.05, 3.63) is 36.3 Å². The highest BCUT2D eigenvalue weighted by Gasteiger charge is 2.50. The first-order chi connectivity index (χ1) is 11.7. The molecular weight excluding hydrogens is 322 g/mol. The molecule has 3 N–H and O–H groups in total. The molecule has 3 rings (SSSR count). The standard InChI is InChI=1S/C16H21N7O2/c1-15(2,3)11-17-6-5-10(20-11)19-9-16(12-18-7-8-23(12)4)13(24)21-14(25)22-16/h5-8H,9H2,1-4H3,(H,17,19,20)(H2,21,22,24,25). The van der Waals surface area contributed by atoms with Gasteiger partial charge in [-0.25, -0.2) is 19.7 Å². The Morgan fingerprint density at radius 2 is 2.00 bits per heavy atom. The molecule has 9 nitrogen and oxygen atoms in total. The van der Waals surface area contributed by atoms with E-state index in [0.717, 1.165) is 0 Å². The SMILES string of the molecule is Cn1ccnc1C1(CNc2ccnc(C(C)(C)C)n2)NC(=O)NC1=O. The zero-order valence-electron chi connectivity index (χ0n) is 14.6. The molecule has 2 aromatic heterocycles. The third kappa shape index (κ3) is 3.04. The van der Waals surface area contributed by atoms with Crippen LogP contribution >= 0.6 is 0 Å². The number of imide groups is 1. The van der Waals surface area contributed by atoms with Crippen molar-refractivity contribution >= 4 is 17.8 Å². The normalized spacial score (nSPS) is 20.3. The van der Waals surface area contributed by atoms with Gasteiger partial charge < -0.3 is 15.2 Å². The second kappa shape index (κ2) is 5.83. The summed E-state index contributed by atoms with van der Waals surface area (Å²) >= 11 is 0. The summed E-state index contributed by atoms with van der Waals surface area (Å²) in [4.78, 5) is 37.2. The second-order valence-electron chi connectivity index (χ2n) is 7.04. The van der Waals surface area contributed by atoms with E-state index < -0.39 is 17.5 Å². The molecule has 132 valence electrons. The van der Waals surface area contributed by atoms with Gasteiger partial charge in [0.1, 0.15) is 17.5 Å². The molecule has 0 radical (unpaired) electrons. The Labute approximate surface area is 145 Å². The van der Waals surface area contributed by atoms with Crippen LogP contribution in [0.25, 0.3) is 0 Å². The molecule has 0 bridgehead atoms. The molecular formula is C16H21N7O2. The minimum atomic E-state index is -1.30. The van der Waals surface area contributed by atoms with Crippen molar-refractivity contribution in [1.29, 1.82) is 0 Å². The summed E-state index contributed by atoms with van der Waals surface area (Å²) in [6.45, 7) is 6.17. The van der Waals surface area contributed by atoms with E-state index in [1.165, 1.54) is 0 Å². The molecule has 0 saturated carbocycles. The third-order valence-electron chi connectivity index (χ3n) is 4.01. The minimum absolute atomic E-state index is 0.107. The maximum Gasteiger partial charge on any atom is 0.322 e. The van der Waals surface area contributed by atoms with E-state index in [4.69, 9.17) is 0 Å². The van der Waals surface area contributed by atoms with E-state index >= 15 is 0 Å². The predicted octanol–water partition coefficient (Wildman–Crippen LogP) is 0.654. The Kier molecular flexibility index (Phi) is 3.94. The topological polar surface area (TPSA) is 114 Å². The number of carbonyl (C=O) groups excluding carboxylic acids is 2. The number of nitrogens with one attached hydrogen (secondary N) is 3. The van der Waals surface area contributed by atoms with Crippen LogP contribution in [-0.4, -0.2) is 38.0 Å². The van der Waals surface area contributed by atoms with Crippen molar-refractivity contribution in [1.82, 2.24) is 30.2 Å². The summed E-state index contributed by atoms with van der Waals surface area (Å²) < 4.78 is 1.70. The summed E-state index contributed by atoms with van der Waals surface area (Å²) in [6.07, 6.45) is 4.96. The molecule has 1 saturated heterocycles. The quantitative estimate of drug-likeness (QED) is 0.703. The molecule has 1 atom stereocenters. The van der Waals surface area contributed by atoms with Gasteiger partial charge in [0.2, 0.25) is 0 Å². The van der Waals surface area contributed by atoms with E-state index in [9.17, 15) is 9.59 Å². The van der Waals surface area contributed by atoms with Gasteiger partial charge in [0.15, 0.2) is 5.54 Å². The van der Waals surface area contributed by atoms with Gasteiger partial charge in [-0.15, -0.1) is 0 Å². The van der Waals surface area contributed by atoms with Crippen LogP contribution in [0.2, 0.25) is 0 Å². The van der Waals surface area contributed by atoms with Gasteiger partial charge in [0.05, 0.1) is 6.54 Å². The number of nitrogens with zero attached hydrogens (tertiary/aromatic N) is 4. The number of rotatable bonds is 4. The Morgan fingerprint density at radius 1 is 1.24 bits per heavy atom. The van der Waals surface area contributed by atoms with Crippen molar-refractivity contribution in [3.8, 4) is 0 Å². The maximum absolute atomic E-state index is 12.5. The van der Waals surface area contributed by atoms with Gasteiger partial charge in [-0.1, -0.05) is 20.8 Å². The first-order valence-corrected chi connectivity index (χ1v) is 7.91.